The van der Waals surface area contributed by atoms with Crippen molar-refractivity contribution in [2.24, 2.45) is 0 Å². The minimum Gasteiger partial charge on any atom is -0.497 e. The number of carbonyl (C=O) groups excluding carboxylic acids is 1. The highest BCUT2D eigenvalue weighted by Gasteiger charge is 2.37. The van der Waals surface area contributed by atoms with Crippen LogP contribution in [-0.4, -0.2) is 12.9 Å². The van der Waals surface area contributed by atoms with E-state index in [2.05, 4.69) is 10.6 Å². The second-order valence-corrected chi connectivity index (χ2v) is 9.46. The molecule has 0 radical (unpaired) electrons. The highest BCUT2D eigenvalue weighted by molar-refractivity contribution is 6.01. The summed E-state index contributed by atoms with van der Waals surface area (Å²) in [6, 6.07) is 20.6. The molecule has 2 aliphatic rings. The van der Waals surface area contributed by atoms with Crippen molar-refractivity contribution in [2.75, 3.05) is 17.7 Å². The maximum atomic E-state index is 13.8. The smallest absolute Gasteiger partial charge is 0.198 e. The Hall–Kier alpha value is -4.32. The van der Waals surface area contributed by atoms with Gasteiger partial charge in [-0.1, -0.05) is 35.9 Å². The number of allylic oxidation sites excluding steroid dienone is 1. The molecule has 6 heteroatoms. The molecule has 0 fully saturated rings. The topological polar surface area (TPSA) is 80.6 Å². The summed E-state index contributed by atoms with van der Waals surface area (Å²) in [6.07, 6.45) is 2.51. The van der Waals surface area contributed by atoms with Gasteiger partial charge in [0.2, 0.25) is 0 Å². The Labute approximate surface area is 208 Å². The summed E-state index contributed by atoms with van der Waals surface area (Å²) in [4.78, 5) is 27.4. The lowest BCUT2D eigenvalue weighted by atomic mass is 9.78. The number of methoxy groups -OCH3 is 1. The van der Waals surface area contributed by atoms with Crippen LogP contribution in [0, 0.1) is 6.92 Å². The summed E-state index contributed by atoms with van der Waals surface area (Å²) in [6.45, 7) is 1.94. The molecule has 0 unspecified atom stereocenters. The number of nitrogens with one attached hydrogen (secondary N) is 2. The van der Waals surface area contributed by atoms with Gasteiger partial charge < -0.3 is 19.8 Å². The molecular weight excluding hydrogens is 452 g/mol. The molecule has 0 saturated heterocycles. The van der Waals surface area contributed by atoms with E-state index in [1.807, 2.05) is 73.7 Å². The van der Waals surface area contributed by atoms with Crippen LogP contribution in [0.25, 0.3) is 11.0 Å². The first-order valence-electron chi connectivity index (χ1n) is 12.1. The summed E-state index contributed by atoms with van der Waals surface area (Å²) in [5.41, 5.74) is 6.01. The van der Waals surface area contributed by atoms with Crippen LogP contribution in [-0.2, 0) is 4.79 Å². The largest absolute Gasteiger partial charge is 0.497 e. The Morgan fingerprint density at radius 2 is 1.72 bits per heavy atom. The molecule has 6 rings (SSSR count). The van der Waals surface area contributed by atoms with Gasteiger partial charge in [0.05, 0.1) is 35.5 Å². The number of para-hydroxylation sites is 2. The number of fused-ring (bicyclic) bond motifs is 2. The third-order valence-corrected chi connectivity index (χ3v) is 7.16. The molecule has 0 saturated carbocycles. The summed E-state index contributed by atoms with van der Waals surface area (Å²) in [5.74, 6) is 0.819. The predicted molar refractivity (Wildman–Crippen MR) is 141 cm³/mol. The first-order chi connectivity index (χ1) is 17.5. The van der Waals surface area contributed by atoms with Crippen molar-refractivity contribution < 1.29 is 13.9 Å². The molecule has 0 bridgehead atoms. The Kier molecular flexibility index (Phi) is 5.37. The second-order valence-electron chi connectivity index (χ2n) is 9.46. The van der Waals surface area contributed by atoms with E-state index in [1.54, 1.807) is 7.11 Å². The van der Waals surface area contributed by atoms with Crippen molar-refractivity contribution in [3.05, 3.63) is 111 Å². The maximum absolute atomic E-state index is 13.8. The van der Waals surface area contributed by atoms with Crippen molar-refractivity contribution in [2.45, 2.75) is 31.7 Å². The number of ketones is 1. The van der Waals surface area contributed by atoms with Gasteiger partial charge in [-0.25, -0.2) is 0 Å². The summed E-state index contributed by atoms with van der Waals surface area (Å²) in [7, 11) is 1.64. The zero-order valence-electron chi connectivity index (χ0n) is 20.1. The van der Waals surface area contributed by atoms with Crippen LogP contribution >= 0.6 is 0 Å². The number of rotatable bonds is 3. The summed E-state index contributed by atoms with van der Waals surface area (Å²) >= 11 is 0. The standard InChI is InChI=1S/C30H26N2O4/c1-17-7-12-27-21(13-17)30(34)22(16-36-27)29-28-25(31-23-5-3-4-6-24(23)32-29)14-19(15-26(28)33)18-8-10-20(35-2)11-9-18/h3-13,16,19,29,31-32H,14-15H2,1-2H3/t19-,29-/m0/s1. The van der Waals surface area contributed by atoms with Crippen LogP contribution in [0.5, 0.6) is 5.75 Å². The van der Waals surface area contributed by atoms with Gasteiger partial charge >= 0.3 is 0 Å². The average molecular weight is 479 g/mol. The number of hydrogen-bond donors (Lipinski definition) is 2. The highest BCUT2D eigenvalue weighted by Crippen LogP contribution is 2.44. The maximum Gasteiger partial charge on any atom is 0.198 e. The van der Waals surface area contributed by atoms with Crippen molar-refractivity contribution in [1.29, 1.82) is 0 Å². The molecule has 2 atom stereocenters. The minimum atomic E-state index is -0.623. The number of Topliss-reactive ketones (excluding diaryl/α,β-unsaturated/α-hetero) is 1. The number of anilines is 2. The molecule has 1 aliphatic heterocycles. The van der Waals surface area contributed by atoms with E-state index in [4.69, 9.17) is 9.15 Å². The van der Waals surface area contributed by atoms with Gasteiger partial charge in [0.1, 0.15) is 17.6 Å². The fourth-order valence-corrected chi connectivity index (χ4v) is 5.30. The van der Waals surface area contributed by atoms with Crippen LogP contribution in [0.1, 0.15) is 41.5 Å². The lowest BCUT2D eigenvalue weighted by Crippen LogP contribution is -2.29. The Morgan fingerprint density at radius 1 is 0.944 bits per heavy atom. The Bertz CT molecular complexity index is 1580. The third-order valence-electron chi connectivity index (χ3n) is 7.16. The van der Waals surface area contributed by atoms with E-state index in [0.29, 0.717) is 34.9 Å². The highest BCUT2D eigenvalue weighted by atomic mass is 16.5. The van der Waals surface area contributed by atoms with E-state index in [-0.39, 0.29) is 17.1 Å². The number of ether oxygens (including phenoxy) is 1. The van der Waals surface area contributed by atoms with Gasteiger partial charge in [-0.2, -0.15) is 0 Å². The monoisotopic (exact) mass is 478 g/mol. The number of hydrogen-bond acceptors (Lipinski definition) is 6. The zero-order chi connectivity index (χ0) is 24.8. The van der Waals surface area contributed by atoms with E-state index in [9.17, 15) is 9.59 Å². The molecule has 36 heavy (non-hydrogen) atoms. The molecule has 4 aromatic rings. The molecule has 3 aromatic carbocycles. The Morgan fingerprint density at radius 3 is 2.50 bits per heavy atom. The Balaban J connectivity index is 1.49. The fourth-order valence-electron chi connectivity index (χ4n) is 5.30. The van der Waals surface area contributed by atoms with E-state index in [0.717, 1.165) is 33.9 Å². The van der Waals surface area contributed by atoms with E-state index >= 15 is 0 Å². The van der Waals surface area contributed by atoms with Crippen LogP contribution in [0.3, 0.4) is 0 Å². The molecule has 1 aliphatic carbocycles. The molecule has 1 aromatic heterocycles. The first-order valence-corrected chi connectivity index (χ1v) is 12.1. The minimum absolute atomic E-state index is 0.0126. The van der Waals surface area contributed by atoms with E-state index in [1.165, 1.54) is 6.26 Å². The number of carbonyl (C=O) groups is 1. The molecular formula is C30H26N2O4. The quantitative estimate of drug-likeness (QED) is 0.371. The van der Waals surface area contributed by atoms with Crippen LogP contribution in [0.4, 0.5) is 11.4 Å². The molecule has 180 valence electrons. The van der Waals surface area contributed by atoms with Crippen LogP contribution in [0.15, 0.2) is 93.5 Å². The van der Waals surface area contributed by atoms with Gasteiger partial charge in [-0.3, -0.25) is 9.59 Å². The summed E-state index contributed by atoms with van der Waals surface area (Å²) in [5, 5.41) is 7.51. The lowest BCUT2D eigenvalue weighted by molar-refractivity contribution is -0.116. The third kappa shape index (κ3) is 3.75. The summed E-state index contributed by atoms with van der Waals surface area (Å²) < 4.78 is 11.2. The van der Waals surface area contributed by atoms with E-state index < -0.39 is 6.04 Å². The molecule has 6 nitrogen and oxygen atoms in total. The van der Waals surface area contributed by atoms with Crippen molar-refractivity contribution >= 4 is 28.1 Å². The van der Waals surface area contributed by atoms with Gasteiger partial charge in [0.15, 0.2) is 11.2 Å². The van der Waals surface area contributed by atoms with Gasteiger partial charge in [0.25, 0.3) is 0 Å². The van der Waals surface area contributed by atoms with Crippen molar-refractivity contribution in [3.63, 3.8) is 0 Å². The molecule has 2 heterocycles. The second kappa shape index (κ2) is 8.72. The van der Waals surface area contributed by atoms with Crippen LogP contribution in [0.2, 0.25) is 0 Å². The van der Waals surface area contributed by atoms with Crippen molar-refractivity contribution in [1.82, 2.24) is 0 Å². The SMILES string of the molecule is COc1ccc([C@@H]2CC(=O)C3=C(C2)Nc2ccccc2N[C@H]3c2coc3ccc(C)cc3c2=O)cc1. The van der Waals surface area contributed by atoms with Gasteiger partial charge in [-0.05, 0) is 61.2 Å². The number of benzene rings is 3. The molecule has 0 amide bonds. The predicted octanol–water partition coefficient (Wildman–Crippen LogP) is 6.09. The molecule has 2 N–H and O–H groups in total. The lowest BCUT2D eigenvalue weighted by Gasteiger charge is -2.29. The fraction of sp³-hybridized carbons (Fsp3) is 0.200. The molecule has 0 spiro atoms. The normalized spacial score (nSPS) is 19.1. The first kappa shape index (κ1) is 22.2. The zero-order valence-corrected chi connectivity index (χ0v) is 20.1. The van der Waals surface area contributed by atoms with Gasteiger partial charge in [-0.15, -0.1) is 0 Å². The average Bonchev–Trinajstić information content (AvgIpc) is 3.06. The number of aryl methyl sites for hydroxylation is 1. The van der Waals surface area contributed by atoms with Crippen molar-refractivity contribution in [3.8, 4) is 5.75 Å². The van der Waals surface area contributed by atoms with Gasteiger partial charge in [0, 0.05) is 17.7 Å². The van der Waals surface area contributed by atoms with Crippen LogP contribution < -0.4 is 20.8 Å².